The van der Waals surface area contributed by atoms with Crippen LogP contribution in [0.25, 0.3) is 0 Å². The maximum atomic E-state index is 13.4. The summed E-state index contributed by atoms with van der Waals surface area (Å²) in [6.07, 6.45) is 3.28. The smallest absolute Gasteiger partial charge is 0.255 e. The average Bonchev–Trinajstić information content (AvgIpc) is 3.28. The number of hydrogen-bond donors (Lipinski definition) is 0. The molecule has 3 atom stereocenters. The Kier molecular flexibility index (Phi) is 7.95. The van der Waals surface area contributed by atoms with Gasteiger partial charge in [-0.25, -0.2) is 4.98 Å². The van der Waals surface area contributed by atoms with Crippen molar-refractivity contribution in [1.29, 1.82) is 0 Å². The maximum Gasteiger partial charge on any atom is 0.255 e. The highest BCUT2D eigenvalue weighted by Gasteiger charge is 2.40. The minimum atomic E-state index is -0.178. The lowest BCUT2D eigenvalue weighted by molar-refractivity contribution is 0.0769. The van der Waals surface area contributed by atoms with Crippen LogP contribution in [0.2, 0.25) is 10.0 Å². The van der Waals surface area contributed by atoms with Crippen LogP contribution in [0.15, 0.2) is 54.9 Å². The molecule has 1 amide bonds. The summed E-state index contributed by atoms with van der Waals surface area (Å²) in [6.45, 7) is 5.85. The Hall–Kier alpha value is -2.67. The van der Waals surface area contributed by atoms with Crippen LogP contribution in [0, 0.1) is 12.8 Å². The summed E-state index contributed by atoms with van der Waals surface area (Å²) < 4.78 is 6.22. The van der Waals surface area contributed by atoms with Gasteiger partial charge in [0.2, 0.25) is 5.88 Å². The van der Waals surface area contributed by atoms with Crippen LogP contribution in [0.1, 0.15) is 40.0 Å². The third-order valence-electron chi connectivity index (χ3n) is 6.37. The largest absolute Gasteiger partial charge is 0.474 e. The lowest BCUT2D eigenvalue weighted by Gasteiger charge is -2.25. The topological polar surface area (TPSA) is 58.6 Å². The average molecular weight is 513 g/mol. The second-order valence-corrected chi connectivity index (χ2v) is 10.2. The number of carbonyl (C=O) groups excluding carboxylic acids is 1. The first kappa shape index (κ1) is 25.4. The van der Waals surface area contributed by atoms with Gasteiger partial charge in [0.15, 0.2) is 0 Å². The Morgan fingerprint density at radius 1 is 1.09 bits per heavy atom. The van der Waals surface area contributed by atoms with Crippen LogP contribution < -0.4 is 4.74 Å². The molecular weight excluding hydrogens is 483 g/mol. The summed E-state index contributed by atoms with van der Waals surface area (Å²) in [4.78, 5) is 26.2. The Labute approximate surface area is 216 Å². The lowest BCUT2D eigenvalue weighted by atomic mass is 9.86. The molecular formula is C27H30Cl2N4O2. The molecule has 0 unspecified atom stereocenters. The predicted molar refractivity (Wildman–Crippen MR) is 139 cm³/mol. The Morgan fingerprint density at radius 3 is 2.51 bits per heavy atom. The van der Waals surface area contributed by atoms with E-state index >= 15 is 0 Å². The van der Waals surface area contributed by atoms with Gasteiger partial charge in [-0.15, -0.1) is 0 Å². The molecule has 0 bridgehead atoms. The number of benzene rings is 1. The monoisotopic (exact) mass is 512 g/mol. The number of ether oxygens (including phenoxy) is 1. The molecule has 2 aromatic heterocycles. The highest BCUT2D eigenvalue weighted by Crippen LogP contribution is 2.38. The zero-order chi connectivity index (χ0) is 25.1. The quantitative estimate of drug-likeness (QED) is 0.419. The molecule has 1 fully saturated rings. The van der Waals surface area contributed by atoms with Crippen molar-refractivity contribution in [2.45, 2.75) is 32.4 Å². The van der Waals surface area contributed by atoms with E-state index in [2.05, 4.69) is 9.97 Å². The molecule has 0 N–H and O–H groups in total. The number of likely N-dealkylation sites (tertiary alicyclic amines) is 1. The second-order valence-electron chi connectivity index (χ2n) is 9.43. The zero-order valence-corrected chi connectivity index (χ0v) is 21.9. The van der Waals surface area contributed by atoms with Gasteiger partial charge in [-0.3, -0.25) is 9.78 Å². The van der Waals surface area contributed by atoms with Gasteiger partial charge in [-0.1, -0.05) is 35.3 Å². The van der Waals surface area contributed by atoms with Crippen molar-refractivity contribution in [3.8, 4) is 5.88 Å². The van der Waals surface area contributed by atoms with E-state index in [1.54, 1.807) is 18.5 Å². The van der Waals surface area contributed by atoms with Crippen LogP contribution in [0.4, 0.5) is 0 Å². The van der Waals surface area contributed by atoms with Gasteiger partial charge in [-0.2, -0.15) is 0 Å². The van der Waals surface area contributed by atoms with Gasteiger partial charge in [-0.05, 0) is 63.3 Å². The van der Waals surface area contributed by atoms with Crippen molar-refractivity contribution in [3.05, 3.63) is 87.3 Å². The fourth-order valence-corrected chi connectivity index (χ4v) is 4.83. The van der Waals surface area contributed by atoms with E-state index in [9.17, 15) is 4.79 Å². The number of nitrogens with zero attached hydrogens (tertiary/aromatic N) is 4. The van der Waals surface area contributed by atoms with E-state index in [4.69, 9.17) is 27.9 Å². The lowest BCUT2D eigenvalue weighted by Crippen LogP contribution is -2.32. The molecule has 0 aliphatic carbocycles. The third kappa shape index (κ3) is 6.13. The van der Waals surface area contributed by atoms with E-state index in [0.29, 0.717) is 34.6 Å². The van der Waals surface area contributed by atoms with Crippen molar-refractivity contribution in [2.24, 2.45) is 5.92 Å². The molecule has 35 heavy (non-hydrogen) atoms. The van der Waals surface area contributed by atoms with E-state index in [-0.39, 0.29) is 23.8 Å². The summed E-state index contributed by atoms with van der Waals surface area (Å²) in [5.41, 5.74) is 3.61. The summed E-state index contributed by atoms with van der Waals surface area (Å²) in [7, 11) is 3.98. The third-order valence-corrected chi connectivity index (χ3v) is 7.11. The van der Waals surface area contributed by atoms with Crippen molar-refractivity contribution in [2.75, 3.05) is 27.2 Å². The molecule has 0 spiro atoms. The van der Waals surface area contributed by atoms with Gasteiger partial charge in [0.05, 0.1) is 21.3 Å². The van der Waals surface area contributed by atoms with Crippen molar-refractivity contribution in [3.63, 3.8) is 0 Å². The van der Waals surface area contributed by atoms with Crippen molar-refractivity contribution >= 4 is 29.1 Å². The summed E-state index contributed by atoms with van der Waals surface area (Å²) in [6, 6.07) is 13.3. The predicted octanol–water partition coefficient (Wildman–Crippen LogP) is 5.48. The summed E-state index contributed by atoms with van der Waals surface area (Å²) >= 11 is 12.5. The van der Waals surface area contributed by atoms with Gasteiger partial charge in [0.25, 0.3) is 5.91 Å². The van der Waals surface area contributed by atoms with Crippen LogP contribution >= 0.6 is 23.2 Å². The van der Waals surface area contributed by atoms with Crippen LogP contribution in [0.5, 0.6) is 5.88 Å². The number of carbonyl (C=O) groups is 1. The zero-order valence-electron chi connectivity index (χ0n) is 20.4. The molecule has 0 saturated carbocycles. The van der Waals surface area contributed by atoms with E-state index < -0.39 is 0 Å². The molecule has 4 rings (SSSR count). The number of rotatable bonds is 7. The standard InChI is InChI=1S/C27H30Cl2N4O2/c1-17-5-10-26(31-12-17)35-18(2)22-15-33(16-23(22)19-7-9-24(28)25(29)11-19)27(34)20-6-8-21(30-13-20)14-32(3)4/h5-13,18,22-23H,14-16H2,1-4H3/t18-,22+,23+/m1/s1. The molecule has 1 aliphatic heterocycles. The van der Waals surface area contributed by atoms with Crippen LogP contribution in [-0.2, 0) is 6.54 Å². The van der Waals surface area contributed by atoms with E-state index in [1.165, 1.54) is 0 Å². The number of aryl methyl sites for hydroxylation is 1. The number of halogens is 2. The van der Waals surface area contributed by atoms with Gasteiger partial charge >= 0.3 is 0 Å². The highest BCUT2D eigenvalue weighted by molar-refractivity contribution is 6.42. The van der Waals surface area contributed by atoms with Crippen LogP contribution in [-0.4, -0.2) is 59.0 Å². The normalized spacial score (nSPS) is 18.7. The number of amides is 1. The van der Waals surface area contributed by atoms with Gasteiger partial charge in [0.1, 0.15) is 6.10 Å². The molecule has 8 heteroatoms. The van der Waals surface area contributed by atoms with E-state index in [0.717, 1.165) is 23.4 Å². The van der Waals surface area contributed by atoms with Crippen molar-refractivity contribution < 1.29 is 9.53 Å². The molecule has 3 aromatic rings. The summed E-state index contributed by atoms with van der Waals surface area (Å²) in [5.74, 6) is 0.610. The maximum absolute atomic E-state index is 13.4. The minimum absolute atomic E-state index is 0.0372. The molecule has 1 aromatic carbocycles. The molecule has 1 saturated heterocycles. The Bertz CT molecular complexity index is 1170. The van der Waals surface area contributed by atoms with E-state index in [1.807, 2.05) is 74.1 Å². The fraction of sp³-hybridized carbons (Fsp3) is 0.370. The molecule has 1 aliphatic rings. The van der Waals surface area contributed by atoms with Gasteiger partial charge < -0.3 is 14.5 Å². The highest BCUT2D eigenvalue weighted by atomic mass is 35.5. The Morgan fingerprint density at radius 2 is 1.89 bits per heavy atom. The Balaban J connectivity index is 1.57. The number of aromatic nitrogens is 2. The fourth-order valence-electron chi connectivity index (χ4n) is 4.52. The van der Waals surface area contributed by atoms with Crippen molar-refractivity contribution in [1.82, 2.24) is 19.8 Å². The number of pyridine rings is 2. The molecule has 6 nitrogen and oxygen atoms in total. The first-order valence-electron chi connectivity index (χ1n) is 11.6. The first-order chi connectivity index (χ1) is 16.7. The summed E-state index contributed by atoms with van der Waals surface area (Å²) in [5, 5.41) is 1.01. The van der Waals surface area contributed by atoms with Crippen LogP contribution in [0.3, 0.4) is 0 Å². The molecule has 3 heterocycles. The second kappa shape index (κ2) is 10.9. The molecule has 0 radical (unpaired) electrons. The first-order valence-corrected chi connectivity index (χ1v) is 12.4. The molecule has 184 valence electrons. The van der Waals surface area contributed by atoms with Gasteiger partial charge in [0, 0.05) is 49.9 Å². The number of hydrogen-bond acceptors (Lipinski definition) is 5. The SMILES string of the molecule is Cc1ccc(O[C@H](C)[C@@H]2CN(C(=O)c3ccc(CN(C)C)nc3)C[C@H]2c2ccc(Cl)c(Cl)c2)nc1. The minimum Gasteiger partial charge on any atom is -0.474 e.